The molecule has 0 saturated heterocycles. The monoisotopic (exact) mass is 223 g/mol. The van der Waals surface area contributed by atoms with E-state index in [1.807, 2.05) is 0 Å². The molecule has 0 aromatic heterocycles. The second-order valence-electron chi connectivity index (χ2n) is 4.84. The molecule has 1 aliphatic rings. The standard InChI is InChI=1S/C13H25N3/c1-3-12(8-9-14)15-10-11-16(2)13-6-4-5-7-13/h12-13,15H,3-8,10-11H2,1-2H3. The van der Waals surface area contributed by atoms with Crippen molar-refractivity contribution in [2.75, 3.05) is 20.1 Å². The zero-order chi connectivity index (χ0) is 11.8. The maximum absolute atomic E-state index is 8.65. The molecule has 3 nitrogen and oxygen atoms in total. The summed E-state index contributed by atoms with van der Waals surface area (Å²) in [6.07, 6.45) is 7.20. The number of nitrogens with zero attached hydrogens (tertiary/aromatic N) is 2. The van der Waals surface area contributed by atoms with Gasteiger partial charge in [0.25, 0.3) is 0 Å². The van der Waals surface area contributed by atoms with Crippen LogP contribution in [-0.4, -0.2) is 37.1 Å². The van der Waals surface area contributed by atoms with E-state index in [-0.39, 0.29) is 0 Å². The van der Waals surface area contributed by atoms with Crippen LogP contribution in [0.5, 0.6) is 0 Å². The summed E-state index contributed by atoms with van der Waals surface area (Å²) in [6.45, 7) is 4.25. The van der Waals surface area contributed by atoms with Crippen LogP contribution in [0.4, 0.5) is 0 Å². The third-order valence-corrected chi connectivity index (χ3v) is 3.68. The van der Waals surface area contributed by atoms with Gasteiger partial charge in [0.2, 0.25) is 0 Å². The summed E-state index contributed by atoms with van der Waals surface area (Å²) in [5.41, 5.74) is 0. The average Bonchev–Trinajstić information content (AvgIpc) is 2.81. The van der Waals surface area contributed by atoms with Gasteiger partial charge in [-0.25, -0.2) is 0 Å². The molecule has 1 N–H and O–H groups in total. The first-order valence-corrected chi connectivity index (χ1v) is 6.58. The topological polar surface area (TPSA) is 39.1 Å². The normalized spacial score (nSPS) is 18.9. The summed E-state index contributed by atoms with van der Waals surface area (Å²) in [7, 11) is 2.23. The van der Waals surface area contributed by atoms with Crippen molar-refractivity contribution in [3.63, 3.8) is 0 Å². The molecule has 0 radical (unpaired) electrons. The highest BCUT2D eigenvalue weighted by Gasteiger charge is 2.18. The van der Waals surface area contributed by atoms with Crippen LogP contribution in [0, 0.1) is 11.3 Å². The Bertz CT molecular complexity index is 216. The molecule has 0 bridgehead atoms. The van der Waals surface area contributed by atoms with Gasteiger partial charge in [0.1, 0.15) is 0 Å². The van der Waals surface area contributed by atoms with Crippen LogP contribution >= 0.6 is 0 Å². The van der Waals surface area contributed by atoms with Gasteiger partial charge in [-0.3, -0.25) is 0 Å². The van der Waals surface area contributed by atoms with E-state index in [9.17, 15) is 0 Å². The van der Waals surface area contributed by atoms with E-state index in [1.54, 1.807) is 0 Å². The molecular weight excluding hydrogens is 198 g/mol. The first-order chi connectivity index (χ1) is 7.77. The van der Waals surface area contributed by atoms with Gasteiger partial charge >= 0.3 is 0 Å². The highest BCUT2D eigenvalue weighted by Crippen LogP contribution is 2.21. The van der Waals surface area contributed by atoms with E-state index >= 15 is 0 Å². The van der Waals surface area contributed by atoms with Crippen molar-refractivity contribution in [1.29, 1.82) is 5.26 Å². The van der Waals surface area contributed by atoms with Gasteiger partial charge in [0.05, 0.1) is 12.5 Å². The SMILES string of the molecule is CCC(CC#N)NCCN(C)C1CCCC1. The Labute approximate surface area is 99.8 Å². The lowest BCUT2D eigenvalue weighted by Gasteiger charge is -2.25. The Morgan fingerprint density at radius 3 is 2.69 bits per heavy atom. The van der Waals surface area contributed by atoms with Crippen molar-refractivity contribution in [2.24, 2.45) is 0 Å². The number of hydrogen-bond donors (Lipinski definition) is 1. The van der Waals surface area contributed by atoms with Gasteiger partial charge in [0, 0.05) is 25.2 Å². The van der Waals surface area contributed by atoms with Crippen molar-refractivity contribution >= 4 is 0 Å². The van der Waals surface area contributed by atoms with Crippen molar-refractivity contribution in [3.05, 3.63) is 0 Å². The summed E-state index contributed by atoms with van der Waals surface area (Å²) in [5.74, 6) is 0. The molecule has 1 rings (SSSR count). The Morgan fingerprint density at radius 2 is 2.12 bits per heavy atom. The molecule has 1 fully saturated rings. The zero-order valence-electron chi connectivity index (χ0n) is 10.7. The first-order valence-electron chi connectivity index (χ1n) is 6.58. The minimum absolute atomic E-state index is 0.377. The molecule has 0 amide bonds. The lowest BCUT2D eigenvalue weighted by molar-refractivity contribution is 0.242. The predicted octanol–water partition coefficient (Wildman–Crippen LogP) is 2.14. The third kappa shape index (κ3) is 4.51. The molecule has 0 heterocycles. The zero-order valence-corrected chi connectivity index (χ0v) is 10.7. The molecule has 0 aromatic carbocycles. The average molecular weight is 223 g/mol. The van der Waals surface area contributed by atoms with E-state index in [4.69, 9.17) is 5.26 Å². The number of nitriles is 1. The first kappa shape index (κ1) is 13.5. The fraction of sp³-hybridized carbons (Fsp3) is 0.923. The van der Waals surface area contributed by atoms with Crippen LogP contribution in [0.1, 0.15) is 45.4 Å². The third-order valence-electron chi connectivity index (χ3n) is 3.68. The maximum Gasteiger partial charge on any atom is 0.0638 e. The van der Waals surface area contributed by atoms with E-state index in [1.165, 1.54) is 25.7 Å². The summed E-state index contributed by atoms with van der Waals surface area (Å²) in [4.78, 5) is 2.47. The lowest BCUT2D eigenvalue weighted by Crippen LogP contribution is -2.38. The molecule has 92 valence electrons. The number of nitrogens with one attached hydrogen (secondary N) is 1. The molecule has 1 atom stereocenters. The van der Waals surface area contributed by atoms with Crippen LogP contribution < -0.4 is 5.32 Å². The molecule has 0 aliphatic heterocycles. The highest BCUT2D eigenvalue weighted by atomic mass is 15.1. The van der Waals surface area contributed by atoms with Crippen LogP contribution in [0.25, 0.3) is 0 Å². The summed E-state index contributed by atoms with van der Waals surface area (Å²) in [5, 5.41) is 12.1. The van der Waals surface area contributed by atoms with Gasteiger partial charge in [-0.15, -0.1) is 0 Å². The number of rotatable bonds is 7. The van der Waals surface area contributed by atoms with Crippen molar-refractivity contribution in [2.45, 2.75) is 57.5 Å². The van der Waals surface area contributed by atoms with E-state index < -0.39 is 0 Å². The van der Waals surface area contributed by atoms with E-state index in [0.29, 0.717) is 12.5 Å². The van der Waals surface area contributed by atoms with E-state index in [0.717, 1.165) is 25.6 Å². The molecule has 0 aromatic rings. The quantitative estimate of drug-likeness (QED) is 0.719. The fourth-order valence-electron chi connectivity index (χ4n) is 2.44. The highest BCUT2D eigenvalue weighted by molar-refractivity contribution is 4.80. The molecule has 1 aliphatic carbocycles. The summed E-state index contributed by atoms with van der Waals surface area (Å²) >= 11 is 0. The molecule has 1 unspecified atom stereocenters. The van der Waals surface area contributed by atoms with Gasteiger partial charge in [0.15, 0.2) is 0 Å². The Morgan fingerprint density at radius 1 is 1.44 bits per heavy atom. The second-order valence-corrected chi connectivity index (χ2v) is 4.84. The van der Waals surface area contributed by atoms with Gasteiger partial charge in [-0.1, -0.05) is 19.8 Å². The minimum Gasteiger partial charge on any atom is -0.312 e. The smallest absolute Gasteiger partial charge is 0.0638 e. The van der Waals surface area contributed by atoms with Crippen LogP contribution in [-0.2, 0) is 0 Å². The molecule has 3 heteroatoms. The van der Waals surface area contributed by atoms with Crippen molar-refractivity contribution < 1.29 is 0 Å². The Balaban J connectivity index is 2.11. The fourth-order valence-corrected chi connectivity index (χ4v) is 2.44. The van der Waals surface area contributed by atoms with Gasteiger partial charge in [-0.2, -0.15) is 5.26 Å². The molecule has 1 saturated carbocycles. The molecular formula is C13H25N3. The van der Waals surface area contributed by atoms with Crippen LogP contribution in [0.3, 0.4) is 0 Å². The Hall–Kier alpha value is -0.590. The molecule has 0 spiro atoms. The largest absolute Gasteiger partial charge is 0.312 e. The van der Waals surface area contributed by atoms with Crippen LogP contribution in [0.15, 0.2) is 0 Å². The van der Waals surface area contributed by atoms with Crippen molar-refractivity contribution in [1.82, 2.24) is 10.2 Å². The van der Waals surface area contributed by atoms with Crippen LogP contribution in [0.2, 0.25) is 0 Å². The molecule has 16 heavy (non-hydrogen) atoms. The Kier molecular flexibility index (Phi) is 6.44. The number of likely N-dealkylation sites (N-methyl/N-ethyl adjacent to an activating group) is 1. The predicted molar refractivity (Wildman–Crippen MR) is 67.2 cm³/mol. The van der Waals surface area contributed by atoms with E-state index in [2.05, 4.69) is 30.3 Å². The van der Waals surface area contributed by atoms with Gasteiger partial charge in [-0.05, 0) is 26.3 Å². The summed E-state index contributed by atoms with van der Waals surface area (Å²) < 4.78 is 0. The van der Waals surface area contributed by atoms with Crippen molar-refractivity contribution in [3.8, 4) is 6.07 Å². The maximum atomic E-state index is 8.65. The van der Waals surface area contributed by atoms with Gasteiger partial charge < -0.3 is 10.2 Å². The second kappa shape index (κ2) is 7.65. The number of hydrogen-bond acceptors (Lipinski definition) is 3. The summed E-state index contributed by atoms with van der Waals surface area (Å²) in [6, 6.07) is 3.42. The minimum atomic E-state index is 0.377. The lowest BCUT2D eigenvalue weighted by atomic mass is 10.1.